The van der Waals surface area contributed by atoms with Crippen LogP contribution in [0.2, 0.25) is 0 Å². The van der Waals surface area contributed by atoms with Gasteiger partial charge in [-0.05, 0) is 31.0 Å². The molecule has 1 heterocycles. The lowest BCUT2D eigenvalue weighted by Crippen LogP contribution is -2.03. The zero-order valence-electron chi connectivity index (χ0n) is 9.53. The molecule has 1 aromatic heterocycles. The predicted octanol–water partition coefficient (Wildman–Crippen LogP) is 2.73. The smallest absolute Gasteiger partial charge is 0.305 e. The number of aromatic nitrogens is 1. The number of hydrogen-bond acceptors (Lipinski definition) is 1. The molecule has 0 unspecified atom stereocenters. The summed E-state index contributed by atoms with van der Waals surface area (Å²) in [6, 6.07) is 6.28. The van der Waals surface area contributed by atoms with Crippen LogP contribution >= 0.6 is 0 Å². The van der Waals surface area contributed by atoms with Crippen molar-refractivity contribution in [2.24, 2.45) is 0 Å². The van der Waals surface area contributed by atoms with E-state index >= 15 is 0 Å². The minimum absolute atomic E-state index is 0.164. The van der Waals surface area contributed by atoms with Crippen LogP contribution in [0.15, 0.2) is 24.4 Å². The maximum absolute atomic E-state index is 10.6. The van der Waals surface area contributed by atoms with Gasteiger partial charge < -0.3 is 9.67 Å². The van der Waals surface area contributed by atoms with E-state index in [1.54, 1.807) is 0 Å². The molecule has 1 N–H and O–H groups in total. The van der Waals surface area contributed by atoms with Gasteiger partial charge in [0.25, 0.3) is 0 Å². The average Bonchev–Trinajstić information content (AvgIpc) is 2.52. The van der Waals surface area contributed by atoms with E-state index in [0.717, 1.165) is 5.52 Å². The number of fused-ring (bicyclic) bond motifs is 1. The molecule has 0 aliphatic carbocycles. The van der Waals surface area contributed by atoms with Crippen LogP contribution in [0.5, 0.6) is 0 Å². The Hall–Kier alpha value is -1.77. The van der Waals surface area contributed by atoms with E-state index in [4.69, 9.17) is 5.11 Å². The van der Waals surface area contributed by atoms with Crippen LogP contribution in [-0.4, -0.2) is 15.6 Å². The first kappa shape index (κ1) is 10.7. The Morgan fingerprint density at radius 3 is 2.81 bits per heavy atom. The number of benzene rings is 1. The molecule has 3 nitrogen and oxygen atoms in total. The number of aryl methyl sites for hydroxylation is 3. The van der Waals surface area contributed by atoms with E-state index in [9.17, 15) is 4.79 Å². The number of carboxylic acid groups (broad SMARTS) is 1. The number of carbonyl (C=O) groups is 1. The van der Waals surface area contributed by atoms with E-state index in [-0.39, 0.29) is 6.42 Å². The minimum atomic E-state index is -0.757. The average molecular weight is 217 g/mol. The van der Waals surface area contributed by atoms with Crippen molar-refractivity contribution in [1.82, 2.24) is 4.57 Å². The summed E-state index contributed by atoms with van der Waals surface area (Å²) in [6.45, 7) is 4.63. The maximum atomic E-state index is 10.6. The highest BCUT2D eigenvalue weighted by Gasteiger charge is 2.06. The van der Waals surface area contributed by atoms with Crippen LogP contribution in [0, 0.1) is 13.8 Å². The maximum Gasteiger partial charge on any atom is 0.305 e. The highest BCUT2D eigenvalue weighted by Crippen LogP contribution is 2.22. The monoisotopic (exact) mass is 217 g/mol. The number of nitrogens with zero attached hydrogens (tertiary/aromatic N) is 1. The molecule has 1 aromatic carbocycles. The van der Waals surface area contributed by atoms with Crippen molar-refractivity contribution < 1.29 is 9.90 Å². The SMILES string of the molecule is Cc1ccc2c(C)cn(CCC(=O)O)c2c1. The van der Waals surface area contributed by atoms with Crippen molar-refractivity contribution in [1.29, 1.82) is 0 Å². The first-order valence-electron chi connectivity index (χ1n) is 5.36. The van der Waals surface area contributed by atoms with Crippen molar-refractivity contribution in [2.75, 3.05) is 0 Å². The largest absolute Gasteiger partial charge is 0.481 e. The third-order valence-electron chi connectivity index (χ3n) is 2.80. The van der Waals surface area contributed by atoms with Crippen LogP contribution in [0.4, 0.5) is 0 Å². The number of rotatable bonds is 3. The standard InChI is InChI=1S/C13H15NO2/c1-9-3-4-11-10(2)8-14(12(11)7-9)6-5-13(15)16/h3-4,7-8H,5-6H2,1-2H3,(H,15,16). The molecular formula is C13H15NO2. The Balaban J connectivity index is 2.44. The van der Waals surface area contributed by atoms with Gasteiger partial charge in [-0.25, -0.2) is 0 Å². The molecule has 0 spiro atoms. The molecule has 2 rings (SSSR count). The van der Waals surface area contributed by atoms with Gasteiger partial charge in [0.15, 0.2) is 0 Å². The van der Waals surface area contributed by atoms with Gasteiger partial charge in [0, 0.05) is 23.6 Å². The Bertz CT molecular complexity index is 540. The van der Waals surface area contributed by atoms with Crippen LogP contribution in [0.25, 0.3) is 10.9 Å². The number of hydrogen-bond donors (Lipinski definition) is 1. The summed E-state index contributed by atoms with van der Waals surface area (Å²) < 4.78 is 2.02. The van der Waals surface area contributed by atoms with Crippen molar-refractivity contribution in [2.45, 2.75) is 26.8 Å². The molecule has 3 heteroatoms. The second kappa shape index (κ2) is 4.00. The zero-order valence-corrected chi connectivity index (χ0v) is 9.53. The molecular weight excluding hydrogens is 202 g/mol. The molecule has 0 saturated heterocycles. The zero-order chi connectivity index (χ0) is 11.7. The summed E-state index contributed by atoms with van der Waals surface area (Å²) in [7, 11) is 0. The molecule has 0 aliphatic heterocycles. The lowest BCUT2D eigenvalue weighted by Gasteiger charge is -2.03. The summed E-state index contributed by atoms with van der Waals surface area (Å²) in [5.41, 5.74) is 3.52. The molecule has 0 radical (unpaired) electrons. The Labute approximate surface area is 94.3 Å². The van der Waals surface area contributed by atoms with Crippen LogP contribution < -0.4 is 0 Å². The molecule has 0 fully saturated rings. The molecule has 0 saturated carbocycles. The molecule has 16 heavy (non-hydrogen) atoms. The van der Waals surface area contributed by atoms with E-state index in [1.807, 2.05) is 17.7 Å². The highest BCUT2D eigenvalue weighted by molar-refractivity contribution is 5.84. The fourth-order valence-electron chi connectivity index (χ4n) is 1.99. The van der Waals surface area contributed by atoms with Gasteiger partial charge in [-0.3, -0.25) is 4.79 Å². The second-order valence-electron chi connectivity index (χ2n) is 4.17. The van der Waals surface area contributed by atoms with E-state index in [1.165, 1.54) is 16.5 Å². The van der Waals surface area contributed by atoms with Crippen LogP contribution in [0.1, 0.15) is 17.5 Å². The Morgan fingerprint density at radius 2 is 2.12 bits per heavy atom. The van der Waals surface area contributed by atoms with E-state index < -0.39 is 5.97 Å². The van der Waals surface area contributed by atoms with Gasteiger partial charge in [0.05, 0.1) is 6.42 Å². The summed E-state index contributed by atoms with van der Waals surface area (Å²) in [4.78, 5) is 10.6. The van der Waals surface area contributed by atoms with E-state index in [2.05, 4.69) is 25.1 Å². The molecule has 84 valence electrons. The lowest BCUT2D eigenvalue weighted by molar-refractivity contribution is -0.137. The van der Waals surface area contributed by atoms with Gasteiger partial charge in [-0.1, -0.05) is 12.1 Å². The number of carboxylic acids is 1. The summed E-state index contributed by atoms with van der Waals surface area (Å²) in [5.74, 6) is -0.757. The quantitative estimate of drug-likeness (QED) is 0.858. The van der Waals surface area contributed by atoms with Crippen molar-refractivity contribution in [3.63, 3.8) is 0 Å². The summed E-state index contributed by atoms with van der Waals surface area (Å²) >= 11 is 0. The molecule has 0 aliphatic rings. The van der Waals surface area contributed by atoms with Gasteiger partial charge in [0.1, 0.15) is 0 Å². The molecule has 0 amide bonds. The minimum Gasteiger partial charge on any atom is -0.481 e. The highest BCUT2D eigenvalue weighted by atomic mass is 16.4. The van der Waals surface area contributed by atoms with Crippen LogP contribution in [0.3, 0.4) is 0 Å². The number of aliphatic carboxylic acids is 1. The van der Waals surface area contributed by atoms with Gasteiger partial charge in [-0.2, -0.15) is 0 Å². The second-order valence-corrected chi connectivity index (χ2v) is 4.17. The van der Waals surface area contributed by atoms with Crippen molar-refractivity contribution >= 4 is 16.9 Å². The third kappa shape index (κ3) is 1.94. The fourth-order valence-corrected chi connectivity index (χ4v) is 1.99. The summed E-state index contributed by atoms with van der Waals surface area (Å²) in [5, 5.41) is 9.90. The molecule has 0 bridgehead atoms. The molecule has 2 aromatic rings. The van der Waals surface area contributed by atoms with Gasteiger partial charge >= 0.3 is 5.97 Å². The van der Waals surface area contributed by atoms with E-state index in [0.29, 0.717) is 6.54 Å². The summed E-state index contributed by atoms with van der Waals surface area (Å²) in [6.07, 6.45) is 2.18. The van der Waals surface area contributed by atoms with Gasteiger partial charge in [0.2, 0.25) is 0 Å². The predicted molar refractivity (Wildman–Crippen MR) is 63.7 cm³/mol. The lowest BCUT2D eigenvalue weighted by atomic mass is 10.1. The fraction of sp³-hybridized carbons (Fsp3) is 0.308. The van der Waals surface area contributed by atoms with Crippen molar-refractivity contribution in [3.05, 3.63) is 35.5 Å². The molecule has 0 atom stereocenters. The normalized spacial score (nSPS) is 10.9. The third-order valence-corrected chi connectivity index (χ3v) is 2.80. The first-order valence-corrected chi connectivity index (χ1v) is 5.36. The van der Waals surface area contributed by atoms with Gasteiger partial charge in [-0.15, -0.1) is 0 Å². The Kier molecular flexibility index (Phi) is 2.69. The topological polar surface area (TPSA) is 42.2 Å². The Morgan fingerprint density at radius 1 is 1.38 bits per heavy atom. The first-order chi connectivity index (χ1) is 7.58. The van der Waals surface area contributed by atoms with Crippen molar-refractivity contribution in [3.8, 4) is 0 Å². The van der Waals surface area contributed by atoms with Crippen LogP contribution in [-0.2, 0) is 11.3 Å².